The molecule has 0 radical (unpaired) electrons. The van der Waals surface area contributed by atoms with Crippen LogP contribution in [-0.2, 0) is 7.05 Å². The van der Waals surface area contributed by atoms with Crippen molar-refractivity contribution in [1.29, 1.82) is 0 Å². The molecule has 6 nitrogen and oxygen atoms in total. The van der Waals surface area contributed by atoms with Crippen molar-refractivity contribution in [3.8, 4) is 0 Å². The Hall–Kier alpha value is -3.02. The summed E-state index contributed by atoms with van der Waals surface area (Å²) in [5.41, 5.74) is 8.54. The van der Waals surface area contributed by atoms with E-state index in [0.29, 0.717) is 22.3 Å². The predicted molar refractivity (Wildman–Crippen MR) is 92.1 cm³/mol. The van der Waals surface area contributed by atoms with Crippen LogP contribution >= 0.6 is 0 Å². The van der Waals surface area contributed by atoms with Crippen LogP contribution in [-0.4, -0.2) is 29.1 Å². The van der Waals surface area contributed by atoms with E-state index in [-0.39, 0.29) is 11.6 Å². The molecule has 0 saturated carbocycles. The lowest BCUT2D eigenvalue weighted by Gasteiger charge is -2.12. The summed E-state index contributed by atoms with van der Waals surface area (Å²) in [6.07, 6.45) is 0. The summed E-state index contributed by atoms with van der Waals surface area (Å²) in [6.45, 7) is 0. The number of fused-ring (bicyclic) bond motifs is 1. The molecule has 0 unspecified atom stereocenters. The predicted octanol–water partition coefficient (Wildman–Crippen LogP) is 1.68. The smallest absolute Gasteiger partial charge is 0.335 e. The van der Waals surface area contributed by atoms with E-state index in [9.17, 15) is 9.59 Å². The summed E-state index contributed by atoms with van der Waals surface area (Å²) in [7, 11) is 5.49. The SMILES string of the molecule is CN(C)c1ccc(C(=O)n2c(=O)n(C)c3ccc(N)cc32)cc1. The monoisotopic (exact) mass is 310 g/mol. The molecule has 0 atom stereocenters. The van der Waals surface area contributed by atoms with E-state index < -0.39 is 0 Å². The molecule has 1 heterocycles. The third kappa shape index (κ3) is 2.38. The van der Waals surface area contributed by atoms with Crippen LogP contribution in [0, 0.1) is 0 Å². The normalized spacial score (nSPS) is 10.9. The first-order valence-electron chi connectivity index (χ1n) is 7.19. The molecule has 0 spiro atoms. The molecule has 2 N–H and O–H groups in total. The zero-order valence-corrected chi connectivity index (χ0v) is 13.3. The minimum Gasteiger partial charge on any atom is -0.399 e. The van der Waals surface area contributed by atoms with Gasteiger partial charge in [-0.25, -0.2) is 9.36 Å². The maximum Gasteiger partial charge on any atom is 0.335 e. The molecule has 0 aliphatic carbocycles. The third-order valence-electron chi connectivity index (χ3n) is 3.91. The van der Waals surface area contributed by atoms with Crippen LogP contribution in [0.15, 0.2) is 47.3 Å². The second kappa shape index (κ2) is 5.31. The average Bonchev–Trinajstić information content (AvgIpc) is 2.77. The lowest BCUT2D eigenvalue weighted by molar-refractivity contribution is 0.0960. The lowest BCUT2D eigenvalue weighted by atomic mass is 10.2. The van der Waals surface area contributed by atoms with Crippen molar-refractivity contribution in [3.05, 3.63) is 58.5 Å². The highest BCUT2D eigenvalue weighted by Gasteiger charge is 2.18. The van der Waals surface area contributed by atoms with Crippen molar-refractivity contribution >= 4 is 28.3 Å². The molecule has 1 aromatic heterocycles. The maximum absolute atomic E-state index is 12.8. The van der Waals surface area contributed by atoms with Crippen molar-refractivity contribution in [1.82, 2.24) is 9.13 Å². The minimum atomic E-state index is -0.382. The number of anilines is 2. The topological polar surface area (TPSA) is 73.3 Å². The standard InChI is InChI=1S/C17H18N4O2/c1-19(2)13-7-4-11(5-8-13)16(22)21-15-10-12(18)6-9-14(15)20(3)17(21)23/h4-10H,18H2,1-3H3. The molecule has 0 aliphatic heterocycles. The Balaban J connectivity index is 2.16. The van der Waals surface area contributed by atoms with Gasteiger partial charge in [-0.15, -0.1) is 0 Å². The van der Waals surface area contributed by atoms with E-state index in [2.05, 4.69) is 0 Å². The number of aryl methyl sites for hydroxylation is 1. The summed E-state index contributed by atoms with van der Waals surface area (Å²) in [5, 5.41) is 0. The average molecular weight is 310 g/mol. The number of rotatable bonds is 2. The van der Waals surface area contributed by atoms with Gasteiger partial charge in [0.2, 0.25) is 0 Å². The van der Waals surface area contributed by atoms with Crippen LogP contribution in [0.1, 0.15) is 10.4 Å². The Morgan fingerprint density at radius 3 is 2.30 bits per heavy atom. The van der Waals surface area contributed by atoms with Crippen LogP contribution in [0.3, 0.4) is 0 Å². The van der Waals surface area contributed by atoms with Crippen molar-refractivity contribution in [2.24, 2.45) is 7.05 Å². The van der Waals surface area contributed by atoms with Gasteiger partial charge in [-0.05, 0) is 42.5 Å². The van der Waals surface area contributed by atoms with E-state index in [1.807, 2.05) is 31.1 Å². The molecular weight excluding hydrogens is 292 g/mol. The van der Waals surface area contributed by atoms with E-state index >= 15 is 0 Å². The summed E-state index contributed by atoms with van der Waals surface area (Å²) < 4.78 is 2.61. The van der Waals surface area contributed by atoms with Crippen LogP contribution in [0.2, 0.25) is 0 Å². The van der Waals surface area contributed by atoms with Crippen molar-refractivity contribution < 1.29 is 4.79 Å². The Kier molecular flexibility index (Phi) is 3.44. The van der Waals surface area contributed by atoms with Gasteiger partial charge in [0.1, 0.15) is 0 Å². The number of nitrogens with zero attached hydrogens (tertiary/aromatic N) is 3. The summed E-state index contributed by atoms with van der Waals surface area (Å²) in [4.78, 5) is 27.2. The quantitative estimate of drug-likeness (QED) is 0.731. The minimum absolute atomic E-state index is 0.364. The highest BCUT2D eigenvalue weighted by Crippen LogP contribution is 2.18. The fraction of sp³-hybridized carbons (Fsp3) is 0.176. The van der Waals surface area contributed by atoms with E-state index in [0.717, 1.165) is 10.3 Å². The molecule has 3 rings (SSSR count). The van der Waals surface area contributed by atoms with Gasteiger partial charge < -0.3 is 10.6 Å². The third-order valence-corrected chi connectivity index (χ3v) is 3.91. The van der Waals surface area contributed by atoms with Gasteiger partial charge in [0, 0.05) is 38.1 Å². The second-order valence-electron chi connectivity index (χ2n) is 5.67. The summed E-state index contributed by atoms with van der Waals surface area (Å²) in [6, 6.07) is 12.2. The number of carbonyl (C=O) groups excluding carboxylic acids is 1. The molecule has 0 fully saturated rings. The number of imidazole rings is 1. The molecule has 0 saturated heterocycles. The number of carbonyl (C=O) groups is 1. The summed E-state index contributed by atoms with van der Waals surface area (Å²) in [5.74, 6) is -0.364. The Labute approximate surface area is 133 Å². The molecule has 0 aliphatic rings. The first-order valence-corrected chi connectivity index (χ1v) is 7.19. The Morgan fingerprint density at radius 2 is 1.70 bits per heavy atom. The molecule has 0 bridgehead atoms. The van der Waals surface area contributed by atoms with Crippen molar-refractivity contribution in [2.75, 3.05) is 24.7 Å². The summed E-state index contributed by atoms with van der Waals surface area (Å²) >= 11 is 0. The second-order valence-corrected chi connectivity index (χ2v) is 5.67. The fourth-order valence-electron chi connectivity index (χ4n) is 2.59. The number of nitrogen functional groups attached to an aromatic ring is 1. The van der Waals surface area contributed by atoms with Crippen LogP contribution in [0.25, 0.3) is 11.0 Å². The molecular formula is C17H18N4O2. The first-order chi connectivity index (χ1) is 10.9. The van der Waals surface area contributed by atoms with Gasteiger partial charge in [-0.1, -0.05) is 0 Å². The highest BCUT2D eigenvalue weighted by molar-refractivity contribution is 6.01. The number of nitrogens with two attached hydrogens (primary N) is 1. The lowest BCUT2D eigenvalue weighted by Crippen LogP contribution is -2.28. The number of hydrogen-bond donors (Lipinski definition) is 1. The zero-order chi connectivity index (χ0) is 16.7. The van der Waals surface area contributed by atoms with Gasteiger partial charge in [-0.2, -0.15) is 0 Å². The highest BCUT2D eigenvalue weighted by atomic mass is 16.2. The molecule has 118 valence electrons. The Bertz CT molecular complexity index is 949. The van der Waals surface area contributed by atoms with Gasteiger partial charge in [0.15, 0.2) is 0 Å². The van der Waals surface area contributed by atoms with Gasteiger partial charge in [0.05, 0.1) is 11.0 Å². The maximum atomic E-state index is 12.8. The first kappa shape index (κ1) is 14.9. The number of hydrogen-bond acceptors (Lipinski definition) is 4. The van der Waals surface area contributed by atoms with Crippen LogP contribution < -0.4 is 16.3 Å². The van der Waals surface area contributed by atoms with Crippen molar-refractivity contribution in [3.63, 3.8) is 0 Å². The molecule has 2 aromatic carbocycles. The molecule has 23 heavy (non-hydrogen) atoms. The van der Waals surface area contributed by atoms with Gasteiger partial charge >= 0.3 is 5.69 Å². The van der Waals surface area contributed by atoms with E-state index in [1.54, 1.807) is 37.4 Å². The fourth-order valence-corrected chi connectivity index (χ4v) is 2.59. The molecule has 3 aromatic rings. The zero-order valence-electron chi connectivity index (χ0n) is 13.3. The largest absolute Gasteiger partial charge is 0.399 e. The van der Waals surface area contributed by atoms with E-state index in [1.165, 1.54) is 4.57 Å². The van der Waals surface area contributed by atoms with E-state index in [4.69, 9.17) is 5.73 Å². The van der Waals surface area contributed by atoms with Crippen molar-refractivity contribution in [2.45, 2.75) is 0 Å². The number of benzene rings is 2. The van der Waals surface area contributed by atoms with Gasteiger partial charge in [0.25, 0.3) is 5.91 Å². The Morgan fingerprint density at radius 1 is 1.04 bits per heavy atom. The molecule has 0 amide bonds. The van der Waals surface area contributed by atoms with Crippen LogP contribution in [0.5, 0.6) is 0 Å². The van der Waals surface area contributed by atoms with Gasteiger partial charge in [-0.3, -0.25) is 9.36 Å². The molecule has 6 heteroatoms. The number of aromatic nitrogens is 2. The van der Waals surface area contributed by atoms with Crippen LogP contribution in [0.4, 0.5) is 11.4 Å².